The monoisotopic (exact) mass is 406 g/mol. The highest BCUT2D eigenvalue weighted by atomic mass is 19.1. The Labute approximate surface area is 167 Å². The maximum atomic E-state index is 14.1. The lowest BCUT2D eigenvalue weighted by molar-refractivity contribution is -0.148. The molecule has 0 fully saturated rings. The van der Waals surface area contributed by atoms with Crippen molar-refractivity contribution in [1.82, 2.24) is 10.3 Å². The Morgan fingerprint density at radius 3 is 2.45 bits per heavy atom. The first kappa shape index (κ1) is 22.1. The van der Waals surface area contributed by atoms with E-state index in [1.165, 1.54) is 6.20 Å². The van der Waals surface area contributed by atoms with Crippen LogP contribution in [0.1, 0.15) is 36.7 Å². The number of rotatable bonds is 6. The van der Waals surface area contributed by atoms with E-state index in [0.717, 1.165) is 0 Å². The van der Waals surface area contributed by atoms with Crippen LogP contribution in [-0.4, -0.2) is 29.5 Å². The van der Waals surface area contributed by atoms with Gasteiger partial charge in [-0.3, -0.25) is 4.79 Å². The van der Waals surface area contributed by atoms with Crippen molar-refractivity contribution in [3.8, 4) is 0 Å². The third-order valence-corrected chi connectivity index (χ3v) is 3.86. The van der Waals surface area contributed by atoms with E-state index in [9.17, 15) is 18.4 Å². The number of esters is 1. The second kappa shape index (κ2) is 8.85. The first-order chi connectivity index (χ1) is 13.5. The lowest BCUT2D eigenvalue weighted by atomic mass is 9.98. The fraction of sp³-hybridized carbons (Fsp3) is 0.350. The molecule has 0 unspecified atom stereocenters. The number of halogens is 2. The molecule has 0 bridgehead atoms. The number of aromatic nitrogens is 1. The summed E-state index contributed by atoms with van der Waals surface area (Å²) >= 11 is 0. The first-order valence-corrected chi connectivity index (χ1v) is 8.88. The van der Waals surface area contributed by atoms with E-state index >= 15 is 0 Å². The number of benzene rings is 1. The van der Waals surface area contributed by atoms with Gasteiger partial charge in [0.15, 0.2) is 0 Å². The van der Waals surface area contributed by atoms with E-state index < -0.39 is 40.8 Å². The van der Waals surface area contributed by atoms with Gasteiger partial charge in [-0.15, -0.1) is 0 Å². The number of pyridine rings is 1. The molecule has 0 aliphatic heterocycles. The predicted molar refractivity (Wildman–Crippen MR) is 105 cm³/mol. The molecule has 7 nitrogen and oxygen atoms in total. The topological polar surface area (TPSA) is 120 Å². The molecule has 156 valence electrons. The van der Waals surface area contributed by atoms with Gasteiger partial charge in [0.1, 0.15) is 23.5 Å². The molecule has 0 saturated heterocycles. The van der Waals surface area contributed by atoms with Gasteiger partial charge in [-0.2, -0.15) is 0 Å². The Bertz CT molecular complexity index is 896. The van der Waals surface area contributed by atoms with Crippen LogP contribution in [0, 0.1) is 17.0 Å². The average molecular weight is 406 g/mol. The molecule has 0 aliphatic rings. The minimum Gasteiger partial charge on any atom is -0.464 e. The smallest absolute Gasteiger partial charge is 0.329 e. The van der Waals surface area contributed by atoms with Crippen LogP contribution in [0.15, 0.2) is 30.5 Å². The summed E-state index contributed by atoms with van der Waals surface area (Å²) in [4.78, 5) is 29.0. The molecule has 0 radical (unpaired) electrons. The molecule has 5 N–H and O–H groups in total. The molecular formula is C20H24F2N4O3. The van der Waals surface area contributed by atoms with E-state index in [1.807, 2.05) is 20.8 Å². The van der Waals surface area contributed by atoms with Crippen LogP contribution < -0.4 is 16.8 Å². The predicted octanol–water partition coefficient (Wildman–Crippen LogP) is 2.45. The highest BCUT2D eigenvalue weighted by molar-refractivity contribution is 5.97. The lowest BCUT2D eigenvalue weighted by Crippen LogP contribution is -2.44. The summed E-state index contributed by atoms with van der Waals surface area (Å²) in [7, 11) is 0. The molecule has 0 saturated carbocycles. The summed E-state index contributed by atoms with van der Waals surface area (Å²) in [6.45, 7) is 5.75. The van der Waals surface area contributed by atoms with Gasteiger partial charge in [-0.1, -0.05) is 26.8 Å². The van der Waals surface area contributed by atoms with Gasteiger partial charge in [0, 0.05) is 18.7 Å². The zero-order valence-corrected chi connectivity index (χ0v) is 16.5. The van der Waals surface area contributed by atoms with Crippen molar-refractivity contribution in [3.05, 3.63) is 53.2 Å². The van der Waals surface area contributed by atoms with E-state index in [0.29, 0.717) is 23.5 Å². The summed E-state index contributed by atoms with van der Waals surface area (Å²) in [6.07, 6.45) is 1.48. The molecule has 0 spiro atoms. The van der Waals surface area contributed by atoms with Crippen LogP contribution in [0.2, 0.25) is 0 Å². The maximum absolute atomic E-state index is 14.1. The van der Waals surface area contributed by atoms with Crippen molar-refractivity contribution in [2.24, 2.45) is 5.41 Å². The van der Waals surface area contributed by atoms with Crippen molar-refractivity contribution in [2.75, 3.05) is 18.1 Å². The van der Waals surface area contributed by atoms with E-state index in [4.69, 9.17) is 16.2 Å². The largest absolute Gasteiger partial charge is 0.464 e. The lowest BCUT2D eigenvalue weighted by Gasteiger charge is -2.22. The Balaban J connectivity index is 2.23. The summed E-state index contributed by atoms with van der Waals surface area (Å²) < 4.78 is 33.0. The van der Waals surface area contributed by atoms with Crippen molar-refractivity contribution in [3.63, 3.8) is 0 Å². The Kier molecular flexibility index (Phi) is 6.73. The summed E-state index contributed by atoms with van der Waals surface area (Å²) in [5.41, 5.74) is 10.2. The van der Waals surface area contributed by atoms with E-state index in [1.54, 1.807) is 12.1 Å². The molecule has 1 aromatic heterocycles. The Hall–Kier alpha value is -3.23. The molecule has 2 rings (SSSR count). The molecule has 29 heavy (non-hydrogen) atoms. The number of ether oxygens (including phenoxy) is 1. The molecule has 1 heterocycles. The summed E-state index contributed by atoms with van der Waals surface area (Å²) in [6, 6.07) is 3.44. The zero-order chi connectivity index (χ0) is 21.8. The second-order valence-corrected chi connectivity index (χ2v) is 7.84. The fourth-order valence-corrected chi connectivity index (χ4v) is 2.35. The van der Waals surface area contributed by atoms with Crippen molar-refractivity contribution in [1.29, 1.82) is 0 Å². The molecule has 2 aromatic rings. The minimum atomic E-state index is -1.14. The third-order valence-electron chi connectivity index (χ3n) is 3.86. The highest BCUT2D eigenvalue weighted by Gasteiger charge is 2.27. The summed E-state index contributed by atoms with van der Waals surface area (Å²) in [5.74, 6) is -3.32. The maximum Gasteiger partial charge on any atom is 0.329 e. The number of nitrogens with zero attached hydrogens (tertiary/aromatic N) is 1. The quantitative estimate of drug-likeness (QED) is 0.501. The van der Waals surface area contributed by atoms with Crippen LogP contribution in [0.3, 0.4) is 0 Å². The standard InChI is InChI=1S/C20H24F2N4O3/c1-20(2,3)10-29-19(28)16(6-11-4-5-17(24)25-9-11)26-18(27)12-7-14(22)15(23)8-13(12)21/h4-5,7-9,16H,6,10,23H2,1-3H3,(H2,24,25)(H,26,27)/t16-/m0/s1. The van der Waals surface area contributed by atoms with Crippen molar-refractivity contribution >= 4 is 23.4 Å². The number of nitrogens with one attached hydrogen (secondary N) is 1. The van der Waals surface area contributed by atoms with Gasteiger partial charge < -0.3 is 21.5 Å². The van der Waals surface area contributed by atoms with Crippen molar-refractivity contribution in [2.45, 2.75) is 33.2 Å². The Morgan fingerprint density at radius 2 is 1.86 bits per heavy atom. The fourth-order valence-electron chi connectivity index (χ4n) is 2.35. The van der Waals surface area contributed by atoms with Gasteiger partial charge >= 0.3 is 5.97 Å². The molecule has 1 atom stereocenters. The average Bonchev–Trinajstić information content (AvgIpc) is 2.63. The van der Waals surface area contributed by atoms with Gasteiger partial charge in [0.25, 0.3) is 5.91 Å². The number of carbonyl (C=O) groups is 2. The molecule has 1 aromatic carbocycles. The van der Waals surface area contributed by atoms with Crippen LogP contribution in [0.4, 0.5) is 20.3 Å². The van der Waals surface area contributed by atoms with Gasteiger partial charge in [-0.25, -0.2) is 18.6 Å². The second-order valence-electron chi connectivity index (χ2n) is 7.84. The normalized spacial score (nSPS) is 12.3. The minimum absolute atomic E-state index is 0.0288. The number of nitrogen functional groups attached to an aromatic ring is 2. The molecule has 1 amide bonds. The number of amides is 1. The number of nitrogens with two attached hydrogens (primary N) is 2. The molecular weight excluding hydrogens is 382 g/mol. The van der Waals surface area contributed by atoms with Crippen LogP contribution in [-0.2, 0) is 16.0 Å². The van der Waals surface area contributed by atoms with Crippen LogP contribution >= 0.6 is 0 Å². The van der Waals surface area contributed by atoms with Gasteiger partial charge in [-0.05, 0) is 23.1 Å². The molecule has 0 aliphatic carbocycles. The number of carbonyl (C=O) groups excluding carboxylic acids is 2. The number of hydrogen-bond donors (Lipinski definition) is 3. The molecule has 9 heteroatoms. The number of anilines is 2. The number of hydrogen-bond acceptors (Lipinski definition) is 6. The van der Waals surface area contributed by atoms with Gasteiger partial charge in [0.05, 0.1) is 17.9 Å². The summed E-state index contributed by atoms with van der Waals surface area (Å²) in [5, 5.41) is 2.40. The van der Waals surface area contributed by atoms with E-state index in [-0.39, 0.29) is 18.4 Å². The SMILES string of the molecule is CC(C)(C)COC(=O)[C@H](Cc1ccc(N)nc1)NC(=O)c1cc(F)c(N)cc1F. The van der Waals surface area contributed by atoms with Gasteiger partial charge in [0.2, 0.25) is 0 Å². The van der Waals surface area contributed by atoms with Crippen LogP contribution in [0.25, 0.3) is 0 Å². The first-order valence-electron chi connectivity index (χ1n) is 8.88. The Morgan fingerprint density at radius 1 is 1.17 bits per heavy atom. The highest BCUT2D eigenvalue weighted by Crippen LogP contribution is 2.18. The zero-order valence-electron chi connectivity index (χ0n) is 16.5. The van der Waals surface area contributed by atoms with Crippen LogP contribution in [0.5, 0.6) is 0 Å². The van der Waals surface area contributed by atoms with Crippen molar-refractivity contribution < 1.29 is 23.1 Å². The van der Waals surface area contributed by atoms with E-state index in [2.05, 4.69) is 10.3 Å². The third kappa shape index (κ3) is 6.41.